The fraction of sp³-hybridized carbons (Fsp3) is 0.231. The molecule has 2 heterocycles. The molecule has 0 spiro atoms. The molecule has 0 bridgehead atoms. The van der Waals surface area contributed by atoms with Crippen LogP contribution in [0, 0.1) is 0 Å². The SMILES string of the molecule is CN(C)c1cc[n+](-c2ccc(C(F)(F)Cl)cn2)cc1. The van der Waals surface area contributed by atoms with Crippen LogP contribution in [0.2, 0.25) is 0 Å². The van der Waals surface area contributed by atoms with Crippen LogP contribution in [-0.4, -0.2) is 19.1 Å². The number of rotatable bonds is 3. The third kappa shape index (κ3) is 3.17. The van der Waals surface area contributed by atoms with Crippen molar-refractivity contribution in [1.82, 2.24) is 4.98 Å². The molecule has 0 saturated heterocycles. The fourth-order valence-electron chi connectivity index (χ4n) is 1.58. The molecule has 0 atom stereocenters. The van der Waals surface area contributed by atoms with Gasteiger partial charge in [0.2, 0.25) is 0 Å². The molecule has 3 nitrogen and oxygen atoms in total. The van der Waals surface area contributed by atoms with Crippen molar-refractivity contribution in [3.63, 3.8) is 0 Å². The number of halogens is 3. The molecule has 0 unspecified atom stereocenters. The number of hydrogen-bond donors (Lipinski definition) is 0. The van der Waals surface area contributed by atoms with Crippen molar-refractivity contribution in [3.05, 3.63) is 48.4 Å². The highest BCUT2D eigenvalue weighted by atomic mass is 35.5. The minimum atomic E-state index is -3.38. The Morgan fingerprint density at radius 2 is 1.79 bits per heavy atom. The number of pyridine rings is 2. The second kappa shape index (κ2) is 5.09. The Balaban J connectivity index is 2.27. The van der Waals surface area contributed by atoms with Crippen LogP contribution < -0.4 is 9.47 Å². The van der Waals surface area contributed by atoms with Crippen molar-refractivity contribution in [3.8, 4) is 5.82 Å². The van der Waals surface area contributed by atoms with Crippen molar-refractivity contribution >= 4 is 17.3 Å². The van der Waals surface area contributed by atoms with E-state index < -0.39 is 5.38 Å². The number of alkyl halides is 3. The first-order valence-electron chi connectivity index (χ1n) is 5.60. The van der Waals surface area contributed by atoms with Crippen LogP contribution in [0.4, 0.5) is 14.5 Å². The zero-order valence-corrected chi connectivity index (χ0v) is 11.3. The van der Waals surface area contributed by atoms with Crippen molar-refractivity contribution in [2.45, 2.75) is 5.38 Å². The zero-order valence-electron chi connectivity index (χ0n) is 10.5. The first-order valence-corrected chi connectivity index (χ1v) is 5.98. The number of hydrogen-bond acceptors (Lipinski definition) is 2. The van der Waals surface area contributed by atoms with Crippen molar-refractivity contribution in [2.24, 2.45) is 0 Å². The number of anilines is 1. The third-order valence-electron chi connectivity index (χ3n) is 2.67. The Morgan fingerprint density at radius 3 is 2.21 bits per heavy atom. The first-order chi connectivity index (χ1) is 8.88. The summed E-state index contributed by atoms with van der Waals surface area (Å²) >= 11 is 4.93. The summed E-state index contributed by atoms with van der Waals surface area (Å²) in [6.07, 6.45) is 4.71. The Kier molecular flexibility index (Phi) is 3.66. The van der Waals surface area contributed by atoms with Gasteiger partial charge in [-0.05, 0) is 22.7 Å². The van der Waals surface area contributed by atoms with Crippen LogP contribution in [0.15, 0.2) is 42.9 Å². The van der Waals surface area contributed by atoms with E-state index in [4.69, 9.17) is 11.6 Å². The molecule has 2 aromatic rings. The minimum absolute atomic E-state index is 0.316. The van der Waals surface area contributed by atoms with Gasteiger partial charge in [0.15, 0.2) is 6.20 Å². The van der Waals surface area contributed by atoms with Crippen molar-refractivity contribution < 1.29 is 13.3 Å². The van der Waals surface area contributed by atoms with Crippen LogP contribution >= 0.6 is 11.6 Å². The maximum Gasteiger partial charge on any atom is 0.351 e. The Labute approximate surface area is 115 Å². The Bertz CT molecular complexity index is 548. The van der Waals surface area contributed by atoms with E-state index in [9.17, 15) is 8.78 Å². The molecular weight excluding hydrogens is 272 g/mol. The molecule has 2 rings (SSSR count). The third-order valence-corrected chi connectivity index (χ3v) is 2.89. The van der Waals surface area contributed by atoms with Gasteiger partial charge in [0.1, 0.15) is 0 Å². The molecule has 0 aromatic carbocycles. The summed E-state index contributed by atoms with van der Waals surface area (Å²) in [5, 5.41) is -3.38. The van der Waals surface area contributed by atoms with Gasteiger partial charge in [0.25, 0.3) is 0 Å². The normalized spacial score (nSPS) is 11.4. The lowest BCUT2D eigenvalue weighted by Gasteiger charge is -2.11. The molecule has 0 N–H and O–H groups in total. The molecule has 6 heteroatoms. The van der Waals surface area contributed by atoms with Gasteiger partial charge < -0.3 is 4.90 Å². The summed E-state index contributed by atoms with van der Waals surface area (Å²) in [5.41, 5.74) is 0.726. The van der Waals surface area contributed by atoms with Crippen LogP contribution in [0.5, 0.6) is 0 Å². The van der Waals surface area contributed by atoms with Gasteiger partial charge in [-0.15, -0.1) is 0 Å². The second-order valence-electron chi connectivity index (χ2n) is 4.26. The molecule has 0 aliphatic heterocycles. The predicted octanol–water partition coefficient (Wildman–Crippen LogP) is 2.71. The highest BCUT2D eigenvalue weighted by Gasteiger charge is 2.29. The molecule has 100 valence electrons. The van der Waals surface area contributed by atoms with E-state index in [0.29, 0.717) is 5.82 Å². The van der Waals surface area contributed by atoms with Crippen LogP contribution in [0.3, 0.4) is 0 Å². The highest BCUT2D eigenvalue weighted by Crippen LogP contribution is 2.31. The van der Waals surface area contributed by atoms with Gasteiger partial charge in [0, 0.05) is 38.0 Å². The molecule has 0 aliphatic carbocycles. The largest absolute Gasteiger partial charge is 0.377 e. The topological polar surface area (TPSA) is 20.0 Å². The average molecular weight is 285 g/mol. The summed E-state index contributed by atoms with van der Waals surface area (Å²) in [4.78, 5) is 5.94. The maximum absolute atomic E-state index is 12.8. The van der Waals surface area contributed by atoms with Gasteiger partial charge in [-0.1, -0.05) is 0 Å². The quantitative estimate of drug-likeness (QED) is 0.638. The standard InChI is InChI=1S/C13H13ClF2N3/c1-18(2)11-5-7-19(8-6-11)12-4-3-10(9-17-12)13(14,15)16/h3-9H,1-2H3/q+1. The Hall–Kier alpha value is -1.75. The molecule has 2 aromatic heterocycles. The van der Waals surface area contributed by atoms with E-state index in [2.05, 4.69) is 4.98 Å². The summed E-state index contributed by atoms with van der Waals surface area (Å²) < 4.78 is 27.4. The van der Waals surface area contributed by atoms with E-state index in [0.717, 1.165) is 11.9 Å². The second-order valence-corrected chi connectivity index (χ2v) is 4.74. The number of nitrogens with zero attached hydrogens (tertiary/aromatic N) is 3. The predicted molar refractivity (Wildman–Crippen MR) is 69.8 cm³/mol. The molecule has 0 radical (unpaired) electrons. The Morgan fingerprint density at radius 1 is 1.16 bits per heavy atom. The lowest BCUT2D eigenvalue weighted by atomic mass is 10.3. The van der Waals surface area contributed by atoms with Crippen LogP contribution in [-0.2, 0) is 5.38 Å². The summed E-state index contributed by atoms with van der Waals surface area (Å²) in [7, 11) is 3.88. The van der Waals surface area contributed by atoms with Gasteiger partial charge >= 0.3 is 11.2 Å². The van der Waals surface area contributed by atoms with E-state index >= 15 is 0 Å². The average Bonchev–Trinajstić information content (AvgIpc) is 2.38. The molecular formula is C13H13ClF2N3+. The highest BCUT2D eigenvalue weighted by molar-refractivity contribution is 6.21. The minimum Gasteiger partial charge on any atom is -0.377 e. The van der Waals surface area contributed by atoms with Crippen molar-refractivity contribution in [1.29, 1.82) is 0 Å². The maximum atomic E-state index is 12.8. The summed E-state index contributed by atoms with van der Waals surface area (Å²) in [5.74, 6) is 0.551. The van der Waals surface area contributed by atoms with Gasteiger partial charge in [-0.2, -0.15) is 8.78 Å². The van der Waals surface area contributed by atoms with E-state index in [1.165, 1.54) is 12.1 Å². The van der Waals surface area contributed by atoms with E-state index in [1.807, 2.05) is 43.5 Å². The molecule has 0 amide bonds. The first kappa shape index (κ1) is 13.7. The fourth-order valence-corrected chi connectivity index (χ4v) is 1.69. The molecule has 19 heavy (non-hydrogen) atoms. The lowest BCUT2D eigenvalue weighted by Crippen LogP contribution is -2.31. The van der Waals surface area contributed by atoms with Crippen LogP contribution in [0.25, 0.3) is 5.82 Å². The van der Waals surface area contributed by atoms with Gasteiger partial charge in [-0.25, -0.2) is 4.57 Å². The molecule has 0 fully saturated rings. The monoisotopic (exact) mass is 284 g/mol. The number of aromatic nitrogens is 2. The van der Waals surface area contributed by atoms with E-state index in [-0.39, 0.29) is 5.56 Å². The lowest BCUT2D eigenvalue weighted by molar-refractivity contribution is -0.599. The van der Waals surface area contributed by atoms with Gasteiger partial charge in [0.05, 0.1) is 18.0 Å². The summed E-state index contributed by atoms with van der Waals surface area (Å²) in [6.45, 7) is 0. The smallest absolute Gasteiger partial charge is 0.351 e. The summed E-state index contributed by atoms with van der Waals surface area (Å²) in [6, 6.07) is 6.58. The van der Waals surface area contributed by atoms with E-state index in [1.54, 1.807) is 4.57 Å². The molecule has 0 saturated carbocycles. The van der Waals surface area contributed by atoms with Crippen LogP contribution in [0.1, 0.15) is 5.56 Å². The zero-order chi connectivity index (χ0) is 14.0. The van der Waals surface area contributed by atoms with Gasteiger partial charge in [-0.3, -0.25) is 0 Å². The molecule has 0 aliphatic rings. The van der Waals surface area contributed by atoms with Crippen molar-refractivity contribution in [2.75, 3.05) is 19.0 Å².